The Hall–Kier alpha value is -1.69. The fourth-order valence-electron chi connectivity index (χ4n) is 1.46. The van der Waals surface area contributed by atoms with Crippen molar-refractivity contribution < 1.29 is 4.79 Å². The van der Waals surface area contributed by atoms with E-state index in [1.807, 2.05) is 0 Å². The Kier molecular flexibility index (Phi) is 3.53. The highest BCUT2D eigenvalue weighted by Gasteiger charge is 2.15. The molecule has 0 aliphatic carbocycles. The first-order chi connectivity index (χ1) is 8.18. The third-order valence-corrected chi connectivity index (χ3v) is 2.94. The van der Waals surface area contributed by atoms with Crippen LogP contribution in [-0.2, 0) is 6.54 Å². The number of aromatic amines is 1. The Labute approximate surface area is 107 Å². The topological polar surface area (TPSA) is 61.9 Å². The summed E-state index contributed by atoms with van der Waals surface area (Å²) in [7, 11) is 1.74. The molecule has 1 amide bonds. The second-order valence-electron chi connectivity index (χ2n) is 3.61. The Morgan fingerprint density at radius 1 is 1.59 bits per heavy atom. The van der Waals surface area contributed by atoms with Gasteiger partial charge in [-0.2, -0.15) is 5.10 Å². The molecule has 2 aromatic heterocycles. The molecule has 0 unspecified atom stereocenters. The Balaban J connectivity index is 2.13. The fraction of sp³-hybridized carbons (Fsp3) is 0.182. The van der Waals surface area contributed by atoms with Crippen LogP contribution in [0.1, 0.15) is 15.9 Å². The Bertz CT molecular complexity index is 512. The number of nitrogens with one attached hydrogen (secondary N) is 1. The molecule has 1 N–H and O–H groups in total. The van der Waals surface area contributed by atoms with Gasteiger partial charge in [-0.1, -0.05) is 0 Å². The highest BCUT2D eigenvalue weighted by atomic mass is 79.9. The molecule has 0 atom stereocenters. The zero-order chi connectivity index (χ0) is 12.3. The summed E-state index contributed by atoms with van der Waals surface area (Å²) in [4.78, 5) is 17.8. The molecule has 0 fully saturated rings. The second-order valence-corrected chi connectivity index (χ2v) is 4.36. The van der Waals surface area contributed by atoms with E-state index in [-0.39, 0.29) is 5.91 Å². The van der Waals surface area contributed by atoms with Gasteiger partial charge < -0.3 is 4.90 Å². The number of carbonyl (C=O) groups is 1. The highest BCUT2D eigenvalue weighted by Crippen LogP contribution is 2.15. The summed E-state index contributed by atoms with van der Waals surface area (Å²) in [5, 5.41) is 6.56. The highest BCUT2D eigenvalue weighted by molar-refractivity contribution is 9.10. The first-order valence-corrected chi connectivity index (χ1v) is 5.81. The van der Waals surface area contributed by atoms with Crippen molar-refractivity contribution >= 4 is 21.8 Å². The third-order valence-electron chi connectivity index (χ3n) is 2.31. The molecule has 0 saturated heterocycles. The first kappa shape index (κ1) is 11.8. The van der Waals surface area contributed by atoms with Crippen LogP contribution < -0.4 is 0 Å². The zero-order valence-electron chi connectivity index (χ0n) is 9.22. The Morgan fingerprint density at radius 3 is 3.06 bits per heavy atom. The maximum atomic E-state index is 12.1. The minimum Gasteiger partial charge on any atom is -0.337 e. The van der Waals surface area contributed by atoms with Crippen LogP contribution in [0.3, 0.4) is 0 Å². The van der Waals surface area contributed by atoms with Crippen LogP contribution in [0.4, 0.5) is 0 Å². The summed E-state index contributed by atoms with van der Waals surface area (Å²) in [6.07, 6.45) is 5.10. The van der Waals surface area contributed by atoms with Crippen LogP contribution in [0.5, 0.6) is 0 Å². The van der Waals surface area contributed by atoms with Crippen LogP contribution in [0.2, 0.25) is 0 Å². The number of amides is 1. The molecular formula is C11H11BrN4O. The molecule has 0 bridgehead atoms. The molecule has 2 heterocycles. The summed E-state index contributed by atoms with van der Waals surface area (Å²) in [6, 6.07) is 3.48. The maximum absolute atomic E-state index is 12.1. The van der Waals surface area contributed by atoms with Crippen LogP contribution in [0.25, 0.3) is 0 Å². The minimum absolute atomic E-state index is 0.0776. The van der Waals surface area contributed by atoms with Crippen molar-refractivity contribution in [2.24, 2.45) is 0 Å². The van der Waals surface area contributed by atoms with Crippen LogP contribution >= 0.6 is 15.9 Å². The average Bonchev–Trinajstić information content (AvgIpc) is 2.81. The molecule has 2 rings (SSSR count). The summed E-state index contributed by atoms with van der Waals surface area (Å²) in [5.74, 6) is -0.0776. The molecule has 0 radical (unpaired) electrons. The van der Waals surface area contributed by atoms with Crippen LogP contribution in [0, 0.1) is 0 Å². The van der Waals surface area contributed by atoms with E-state index in [1.165, 1.54) is 0 Å². The standard InChI is InChI=1S/C11H11BrN4O/c1-16(7-8-5-14-15-6-8)11(17)9-3-2-4-13-10(9)12/h2-6H,7H2,1H3,(H,14,15). The van der Waals surface area contributed by atoms with Crippen LogP contribution in [-0.4, -0.2) is 33.0 Å². The quantitative estimate of drug-likeness (QED) is 0.879. The van der Waals surface area contributed by atoms with Crippen molar-refractivity contribution in [2.45, 2.75) is 6.54 Å². The van der Waals surface area contributed by atoms with Gasteiger partial charge in [-0.15, -0.1) is 0 Å². The molecule has 17 heavy (non-hydrogen) atoms. The van der Waals surface area contributed by atoms with Gasteiger partial charge in [0.15, 0.2) is 0 Å². The predicted octanol–water partition coefficient (Wildman–Crippen LogP) is 1.84. The molecular weight excluding hydrogens is 284 g/mol. The second kappa shape index (κ2) is 5.09. The maximum Gasteiger partial charge on any atom is 0.256 e. The number of pyridine rings is 1. The number of hydrogen-bond acceptors (Lipinski definition) is 3. The van der Waals surface area contributed by atoms with Crippen molar-refractivity contribution in [3.63, 3.8) is 0 Å². The number of halogens is 1. The lowest BCUT2D eigenvalue weighted by Gasteiger charge is -2.16. The lowest BCUT2D eigenvalue weighted by atomic mass is 10.2. The van der Waals surface area contributed by atoms with E-state index in [4.69, 9.17) is 0 Å². The minimum atomic E-state index is -0.0776. The number of nitrogens with zero attached hydrogens (tertiary/aromatic N) is 3. The lowest BCUT2D eigenvalue weighted by molar-refractivity contribution is 0.0783. The van der Waals surface area contributed by atoms with Crippen LogP contribution in [0.15, 0.2) is 35.3 Å². The summed E-state index contributed by atoms with van der Waals surface area (Å²) >= 11 is 3.27. The van der Waals surface area contributed by atoms with Gasteiger partial charge in [-0.05, 0) is 28.1 Å². The van der Waals surface area contributed by atoms with E-state index in [9.17, 15) is 4.79 Å². The van der Waals surface area contributed by atoms with Crippen molar-refractivity contribution in [3.05, 3.63) is 46.5 Å². The predicted molar refractivity (Wildman–Crippen MR) is 66.3 cm³/mol. The molecule has 5 nitrogen and oxygen atoms in total. The molecule has 6 heteroatoms. The molecule has 0 aliphatic rings. The van der Waals surface area contributed by atoms with Gasteiger partial charge in [0.25, 0.3) is 5.91 Å². The average molecular weight is 295 g/mol. The third kappa shape index (κ3) is 2.71. The van der Waals surface area contributed by atoms with E-state index in [2.05, 4.69) is 31.1 Å². The van der Waals surface area contributed by atoms with E-state index in [0.29, 0.717) is 16.7 Å². The summed E-state index contributed by atoms with van der Waals surface area (Å²) < 4.78 is 0.559. The van der Waals surface area contributed by atoms with Crippen molar-refractivity contribution in [1.82, 2.24) is 20.1 Å². The van der Waals surface area contributed by atoms with Crippen molar-refractivity contribution in [1.29, 1.82) is 0 Å². The van der Waals surface area contributed by atoms with Gasteiger partial charge in [-0.3, -0.25) is 9.89 Å². The van der Waals surface area contributed by atoms with Gasteiger partial charge in [0.05, 0.1) is 11.8 Å². The number of H-pyrrole nitrogens is 1. The number of carbonyl (C=O) groups excluding carboxylic acids is 1. The SMILES string of the molecule is CN(Cc1cn[nH]c1)C(=O)c1cccnc1Br. The van der Waals surface area contributed by atoms with E-state index < -0.39 is 0 Å². The normalized spacial score (nSPS) is 10.2. The Morgan fingerprint density at radius 2 is 2.41 bits per heavy atom. The largest absolute Gasteiger partial charge is 0.337 e. The first-order valence-electron chi connectivity index (χ1n) is 5.02. The molecule has 2 aromatic rings. The number of rotatable bonds is 3. The number of aromatic nitrogens is 3. The van der Waals surface area contributed by atoms with Crippen molar-refractivity contribution in [3.8, 4) is 0 Å². The van der Waals surface area contributed by atoms with Gasteiger partial charge in [0, 0.05) is 31.5 Å². The fourth-order valence-corrected chi connectivity index (χ4v) is 1.88. The molecule has 0 spiro atoms. The monoisotopic (exact) mass is 294 g/mol. The lowest BCUT2D eigenvalue weighted by Crippen LogP contribution is -2.26. The molecule has 0 saturated carbocycles. The van der Waals surface area contributed by atoms with Gasteiger partial charge in [-0.25, -0.2) is 4.98 Å². The summed E-state index contributed by atoms with van der Waals surface area (Å²) in [6.45, 7) is 0.511. The van der Waals surface area contributed by atoms with Gasteiger partial charge in [0.1, 0.15) is 4.60 Å². The van der Waals surface area contributed by atoms with E-state index >= 15 is 0 Å². The van der Waals surface area contributed by atoms with Crippen molar-refractivity contribution in [2.75, 3.05) is 7.05 Å². The smallest absolute Gasteiger partial charge is 0.256 e. The van der Waals surface area contributed by atoms with E-state index in [0.717, 1.165) is 5.56 Å². The van der Waals surface area contributed by atoms with Gasteiger partial charge >= 0.3 is 0 Å². The zero-order valence-corrected chi connectivity index (χ0v) is 10.8. The molecule has 88 valence electrons. The molecule has 0 aliphatic heterocycles. The van der Waals surface area contributed by atoms with E-state index in [1.54, 1.807) is 42.7 Å². The van der Waals surface area contributed by atoms with Gasteiger partial charge in [0.2, 0.25) is 0 Å². The molecule has 0 aromatic carbocycles. The summed E-state index contributed by atoms with van der Waals surface area (Å²) in [5.41, 5.74) is 1.51. The number of hydrogen-bond donors (Lipinski definition) is 1.